The van der Waals surface area contributed by atoms with Crippen molar-refractivity contribution in [2.24, 2.45) is 0 Å². The standard InChI is InChI=1S/C16H25N3O3S/c1-13-5-4-6-15(11-13)12-18-7-9-19(10-8-18)16(20)14(2)17-23(3,21)22/h4-6,11,14,17H,7-10,12H2,1-3H3. The molecule has 0 saturated carbocycles. The van der Waals surface area contributed by atoms with Crippen molar-refractivity contribution >= 4 is 15.9 Å². The SMILES string of the molecule is Cc1cccc(CN2CCN(C(=O)C(C)NS(C)(=O)=O)CC2)c1. The van der Waals surface area contributed by atoms with Gasteiger partial charge in [0.1, 0.15) is 0 Å². The van der Waals surface area contributed by atoms with Gasteiger partial charge in [-0.05, 0) is 19.4 Å². The molecule has 1 aromatic carbocycles. The van der Waals surface area contributed by atoms with Gasteiger partial charge >= 0.3 is 0 Å². The highest BCUT2D eigenvalue weighted by atomic mass is 32.2. The largest absolute Gasteiger partial charge is 0.339 e. The molecule has 0 aliphatic carbocycles. The van der Waals surface area contributed by atoms with Crippen LogP contribution in [-0.4, -0.2) is 62.6 Å². The summed E-state index contributed by atoms with van der Waals surface area (Å²) in [5.74, 6) is -0.161. The van der Waals surface area contributed by atoms with E-state index >= 15 is 0 Å². The third kappa shape index (κ3) is 5.60. The van der Waals surface area contributed by atoms with Crippen LogP contribution in [0.3, 0.4) is 0 Å². The summed E-state index contributed by atoms with van der Waals surface area (Å²) in [4.78, 5) is 16.3. The Morgan fingerprint density at radius 3 is 2.48 bits per heavy atom. The number of piperazine rings is 1. The number of hydrogen-bond donors (Lipinski definition) is 1. The molecule has 23 heavy (non-hydrogen) atoms. The van der Waals surface area contributed by atoms with Crippen LogP contribution in [0.25, 0.3) is 0 Å². The molecule has 0 bridgehead atoms. The van der Waals surface area contributed by atoms with Gasteiger partial charge in [0.25, 0.3) is 0 Å². The van der Waals surface area contributed by atoms with E-state index in [1.807, 2.05) is 0 Å². The van der Waals surface area contributed by atoms with Crippen LogP contribution in [0.4, 0.5) is 0 Å². The van der Waals surface area contributed by atoms with Crippen molar-refractivity contribution in [1.29, 1.82) is 0 Å². The molecule has 128 valence electrons. The van der Waals surface area contributed by atoms with Crippen molar-refractivity contribution in [3.63, 3.8) is 0 Å². The second-order valence-electron chi connectivity index (χ2n) is 6.20. The van der Waals surface area contributed by atoms with Crippen molar-refractivity contribution < 1.29 is 13.2 Å². The average Bonchev–Trinajstić information content (AvgIpc) is 2.45. The zero-order chi connectivity index (χ0) is 17.0. The lowest BCUT2D eigenvalue weighted by atomic mass is 10.1. The molecule has 1 N–H and O–H groups in total. The van der Waals surface area contributed by atoms with Gasteiger partial charge in [0, 0.05) is 32.7 Å². The summed E-state index contributed by atoms with van der Waals surface area (Å²) in [6, 6.07) is 7.71. The lowest BCUT2D eigenvalue weighted by Gasteiger charge is -2.36. The van der Waals surface area contributed by atoms with Crippen LogP contribution < -0.4 is 4.72 Å². The number of nitrogens with zero attached hydrogens (tertiary/aromatic N) is 2. The van der Waals surface area contributed by atoms with E-state index in [1.54, 1.807) is 11.8 Å². The third-order valence-corrected chi connectivity index (χ3v) is 4.72. The Bertz CT molecular complexity index is 652. The number of sulfonamides is 1. The first kappa shape index (κ1) is 17.9. The predicted octanol–water partition coefficient (Wildman–Crippen LogP) is 0.577. The predicted molar refractivity (Wildman–Crippen MR) is 90.5 cm³/mol. The van der Waals surface area contributed by atoms with E-state index in [0.717, 1.165) is 25.9 Å². The number of nitrogens with one attached hydrogen (secondary N) is 1. The second-order valence-corrected chi connectivity index (χ2v) is 7.98. The summed E-state index contributed by atoms with van der Waals surface area (Å²) in [6.07, 6.45) is 1.07. The monoisotopic (exact) mass is 339 g/mol. The van der Waals surface area contributed by atoms with E-state index in [-0.39, 0.29) is 5.91 Å². The zero-order valence-electron chi connectivity index (χ0n) is 13.9. The summed E-state index contributed by atoms with van der Waals surface area (Å²) in [7, 11) is -3.37. The van der Waals surface area contributed by atoms with Crippen LogP contribution in [-0.2, 0) is 21.4 Å². The smallest absolute Gasteiger partial charge is 0.240 e. The summed E-state index contributed by atoms with van der Waals surface area (Å²) >= 11 is 0. The number of benzene rings is 1. The first-order chi connectivity index (χ1) is 10.7. The second kappa shape index (κ2) is 7.42. The molecule has 1 aromatic rings. The Morgan fingerprint density at radius 1 is 1.26 bits per heavy atom. The summed E-state index contributed by atoms with van der Waals surface area (Å²) in [5, 5.41) is 0. The maximum Gasteiger partial charge on any atom is 0.240 e. The fourth-order valence-corrected chi connectivity index (χ4v) is 3.58. The minimum Gasteiger partial charge on any atom is -0.339 e. The van der Waals surface area contributed by atoms with Crippen molar-refractivity contribution in [3.05, 3.63) is 35.4 Å². The molecule has 1 saturated heterocycles. The summed E-state index contributed by atoms with van der Waals surface area (Å²) in [5.41, 5.74) is 2.52. The van der Waals surface area contributed by atoms with Crippen LogP contribution in [0.5, 0.6) is 0 Å². The van der Waals surface area contributed by atoms with E-state index in [4.69, 9.17) is 0 Å². The van der Waals surface area contributed by atoms with Gasteiger partial charge in [-0.25, -0.2) is 13.1 Å². The Kier molecular flexibility index (Phi) is 5.78. The maximum atomic E-state index is 12.3. The Balaban J connectivity index is 1.85. The number of carbonyl (C=O) groups is 1. The molecule has 6 nitrogen and oxygen atoms in total. The molecule has 1 aliphatic rings. The van der Waals surface area contributed by atoms with Gasteiger partial charge in [0.2, 0.25) is 15.9 Å². The normalized spacial score (nSPS) is 18.0. The van der Waals surface area contributed by atoms with Crippen LogP contribution >= 0.6 is 0 Å². The molecule has 0 spiro atoms. The van der Waals surface area contributed by atoms with Crippen LogP contribution in [0, 0.1) is 6.92 Å². The number of rotatable bonds is 5. The van der Waals surface area contributed by atoms with Gasteiger partial charge < -0.3 is 4.90 Å². The quantitative estimate of drug-likeness (QED) is 0.852. The molecule has 7 heteroatoms. The average molecular weight is 339 g/mol. The fraction of sp³-hybridized carbons (Fsp3) is 0.562. The van der Waals surface area contributed by atoms with Gasteiger partial charge in [-0.1, -0.05) is 29.8 Å². The first-order valence-electron chi connectivity index (χ1n) is 7.78. The minimum atomic E-state index is -3.37. The number of aryl methyl sites for hydroxylation is 1. The number of amides is 1. The van der Waals surface area contributed by atoms with Gasteiger partial charge in [-0.15, -0.1) is 0 Å². The molecule has 1 fully saturated rings. The van der Waals surface area contributed by atoms with Crippen molar-refractivity contribution in [2.75, 3.05) is 32.4 Å². The van der Waals surface area contributed by atoms with Crippen molar-refractivity contribution in [3.8, 4) is 0 Å². The Labute approximate surface area is 138 Å². The lowest BCUT2D eigenvalue weighted by Crippen LogP contribution is -2.53. The Morgan fingerprint density at radius 2 is 1.91 bits per heavy atom. The fourth-order valence-electron chi connectivity index (χ4n) is 2.84. The van der Waals surface area contributed by atoms with E-state index in [1.165, 1.54) is 11.1 Å². The molecule has 2 rings (SSSR count). The summed E-state index contributed by atoms with van der Waals surface area (Å²) in [6.45, 7) is 7.39. The molecular weight excluding hydrogens is 314 g/mol. The topological polar surface area (TPSA) is 69.7 Å². The van der Waals surface area contributed by atoms with Crippen molar-refractivity contribution in [1.82, 2.24) is 14.5 Å². The van der Waals surface area contributed by atoms with Gasteiger partial charge in [0.15, 0.2) is 0 Å². The molecule has 1 heterocycles. The van der Waals surface area contributed by atoms with E-state index in [9.17, 15) is 13.2 Å². The Hall–Kier alpha value is -1.44. The molecule has 1 atom stereocenters. The highest BCUT2D eigenvalue weighted by Gasteiger charge is 2.26. The van der Waals surface area contributed by atoms with E-state index in [0.29, 0.717) is 13.1 Å². The molecule has 0 aromatic heterocycles. The molecular formula is C16H25N3O3S. The molecule has 1 unspecified atom stereocenters. The molecule has 1 amide bonds. The van der Waals surface area contributed by atoms with Gasteiger partial charge in [-0.3, -0.25) is 9.69 Å². The van der Waals surface area contributed by atoms with Gasteiger partial charge in [-0.2, -0.15) is 0 Å². The van der Waals surface area contributed by atoms with E-state index < -0.39 is 16.1 Å². The van der Waals surface area contributed by atoms with Gasteiger partial charge in [0.05, 0.1) is 12.3 Å². The molecule has 1 aliphatic heterocycles. The summed E-state index contributed by atoms with van der Waals surface area (Å²) < 4.78 is 24.8. The van der Waals surface area contributed by atoms with Crippen LogP contribution in [0.2, 0.25) is 0 Å². The highest BCUT2D eigenvalue weighted by molar-refractivity contribution is 7.88. The van der Waals surface area contributed by atoms with Crippen LogP contribution in [0.15, 0.2) is 24.3 Å². The zero-order valence-corrected chi connectivity index (χ0v) is 14.8. The maximum absolute atomic E-state index is 12.3. The lowest BCUT2D eigenvalue weighted by molar-refractivity contribution is -0.134. The van der Waals surface area contributed by atoms with Crippen molar-refractivity contribution in [2.45, 2.75) is 26.4 Å². The minimum absolute atomic E-state index is 0.161. The number of hydrogen-bond acceptors (Lipinski definition) is 4. The van der Waals surface area contributed by atoms with E-state index in [2.05, 4.69) is 40.8 Å². The first-order valence-corrected chi connectivity index (χ1v) is 9.68. The highest BCUT2D eigenvalue weighted by Crippen LogP contribution is 2.11. The van der Waals surface area contributed by atoms with Crippen LogP contribution in [0.1, 0.15) is 18.1 Å². The molecule has 0 radical (unpaired) electrons. The third-order valence-electron chi connectivity index (χ3n) is 3.93. The number of carbonyl (C=O) groups excluding carboxylic acids is 1.